The molecule has 1 aromatic rings. The minimum atomic E-state index is -0.389. The highest BCUT2D eigenvalue weighted by Crippen LogP contribution is 2.24. The van der Waals surface area contributed by atoms with Crippen molar-refractivity contribution in [3.63, 3.8) is 0 Å². The maximum atomic E-state index is 13.2. The highest BCUT2D eigenvalue weighted by Gasteiger charge is 2.37. The molecule has 1 aliphatic rings. The van der Waals surface area contributed by atoms with Crippen LogP contribution in [0.1, 0.15) is 31.1 Å². The molecule has 1 fully saturated rings. The van der Waals surface area contributed by atoms with Crippen LogP contribution in [0.3, 0.4) is 0 Å². The molecule has 0 radical (unpaired) electrons. The Labute approximate surface area is 107 Å². The van der Waals surface area contributed by atoms with Crippen molar-refractivity contribution in [2.45, 2.75) is 32.4 Å². The summed E-state index contributed by atoms with van der Waals surface area (Å²) in [4.78, 5) is 14.2. The van der Waals surface area contributed by atoms with Crippen molar-refractivity contribution in [3.8, 4) is 0 Å². The van der Waals surface area contributed by atoms with Gasteiger partial charge in [-0.15, -0.1) is 0 Å². The molecular formula is C14H18FNO2. The van der Waals surface area contributed by atoms with E-state index in [1.165, 1.54) is 12.1 Å². The molecule has 0 bridgehead atoms. The van der Waals surface area contributed by atoms with Crippen LogP contribution in [0.5, 0.6) is 0 Å². The summed E-state index contributed by atoms with van der Waals surface area (Å²) >= 11 is 0. The third-order valence-electron chi connectivity index (χ3n) is 3.21. The van der Waals surface area contributed by atoms with Crippen molar-refractivity contribution >= 4 is 5.91 Å². The summed E-state index contributed by atoms with van der Waals surface area (Å²) in [6.07, 6.45) is 0.00975. The second-order valence-electron chi connectivity index (χ2n) is 5.36. The van der Waals surface area contributed by atoms with Crippen LogP contribution in [-0.2, 0) is 4.74 Å². The summed E-state index contributed by atoms with van der Waals surface area (Å²) in [6.45, 7) is 6.87. The number of hydrogen-bond acceptors (Lipinski definition) is 2. The van der Waals surface area contributed by atoms with E-state index in [2.05, 4.69) is 0 Å². The number of ether oxygens (including phenoxy) is 1. The lowest BCUT2D eigenvalue weighted by Crippen LogP contribution is -2.57. The first-order valence-corrected chi connectivity index (χ1v) is 6.09. The van der Waals surface area contributed by atoms with E-state index in [0.29, 0.717) is 18.7 Å². The second kappa shape index (κ2) is 4.69. The number of nitrogens with zero attached hydrogens (tertiary/aromatic N) is 1. The van der Waals surface area contributed by atoms with Crippen LogP contribution in [-0.4, -0.2) is 35.6 Å². The first-order valence-electron chi connectivity index (χ1n) is 6.09. The third-order valence-corrected chi connectivity index (χ3v) is 3.21. The Kier molecular flexibility index (Phi) is 3.39. The predicted octanol–water partition coefficient (Wildman–Crippen LogP) is 2.47. The standard InChI is InChI=1S/C14H18FNO2/c1-10-8-16(14(2,3)9-18-10)13(17)11-5-4-6-12(15)7-11/h4-7,10H,8-9H2,1-3H3. The van der Waals surface area contributed by atoms with Crippen molar-refractivity contribution in [3.05, 3.63) is 35.6 Å². The van der Waals surface area contributed by atoms with E-state index in [1.54, 1.807) is 17.0 Å². The minimum absolute atomic E-state index is 0.00975. The Morgan fingerprint density at radius 1 is 1.50 bits per heavy atom. The lowest BCUT2D eigenvalue weighted by atomic mass is 9.99. The number of benzene rings is 1. The van der Waals surface area contributed by atoms with Crippen LogP contribution >= 0.6 is 0 Å². The monoisotopic (exact) mass is 251 g/mol. The summed E-state index contributed by atoms with van der Waals surface area (Å²) in [5, 5.41) is 0. The van der Waals surface area contributed by atoms with Crippen LogP contribution in [0.2, 0.25) is 0 Å². The summed E-state index contributed by atoms with van der Waals surface area (Å²) in [7, 11) is 0. The van der Waals surface area contributed by atoms with Gasteiger partial charge in [0.2, 0.25) is 0 Å². The fourth-order valence-corrected chi connectivity index (χ4v) is 2.12. The Morgan fingerprint density at radius 3 is 2.89 bits per heavy atom. The zero-order chi connectivity index (χ0) is 13.3. The molecule has 1 amide bonds. The van der Waals surface area contributed by atoms with Gasteiger partial charge < -0.3 is 9.64 Å². The lowest BCUT2D eigenvalue weighted by Gasteiger charge is -2.44. The largest absolute Gasteiger partial charge is 0.374 e. The summed E-state index contributed by atoms with van der Waals surface area (Å²) < 4.78 is 18.7. The number of rotatable bonds is 1. The Balaban J connectivity index is 2.26. The quantitative estimate of drug-likeness (QED) is 0.767. The van der Waals surface area contributed by atoms with Gasteiger partial charge in [-0.3, -0.25) is 4.79 Å². The maximum absolute atomic E-state index is 13.2. The Hall–Kier alpha value is -1.42. The summed E-state index contributed by atoms with van der Waals surface area (Å²) in [5.41, 5.74) is 0.0211. The summed E-state index contributed by atoms with van der Waals surface area (Å²) in [5.74, 6) is -0.533. The van der Waals surface area contributed by atoms with Gasteiger partial charge in [0, 0.05) is 12.1 Å². The number of hydrogen-bond donors (Lipinski definition) is 0. The molecule has 0 aromatic heterocycles. The molecule has 1 aromatic carbocycles. The number of amides is 1. The Bertz CT molecular complexity index is 459. The van der Waals surface area contributed by atoms with Crippen molar-refractivity contribution in [1.29, 1.82) is 0 Å². The van der Waals surface area contributed by atoms with E-state index in [4.69, 9.17) is 4.74 Å². The molecule has 18 heavy (non-hydrogen) atoms. The van der Waals surface area contributed by atoms with Crippen molar-refractivity contribution < 1.29 is 13.9 Å². The molecule has 0 spiro atoms. The van der Waals surface area contributed by atoms with Gasteiger partial charge in [-0.25, -0.2) is 4.39 Å². The minimum Gasteiger partial charge on any atom is -0.374 e. The van der Waals surface area contributed by atoms with E-state index in [-0.39, 0.29) is 23.4 Å². The molecule has 0 saturated carbocycles. The highest BCUT2D eigenvalue weighted by atomic mass is 19.1. The van der Waals surface area contributed by atoms with Crippen LogP contribution < -0.4 is 0 Å². The van der Waals surface area contributed by atoms with Crippen molar-refractivity contribution in [2.75, 3.05) is 13.2 Å². The highest BCUT2D eigenvalue weighted by molar-refractivity contribution is 5.94. The van der Waals surface area contributed by atoms with Crippen LogP contribution in [0.4, 0.5) is 4.39 Å². The molecule has 1 atom stereocenters. The van der Waals surface area contributed by atoms with Gasteiger partial charge in [0.25, 0.3) is 5.91 Å². The van der Waals surface area contributed by atoms with Crippen molar-refractivity contribution in [1.82, 2.24) is 4.90 Å². The second-order valence-corrected chi connectivity index (χ2v) is 5.36. The number of carbonyl (C=O) groups is 1. The van der Waals surface area contributed by atoms with E-state index in [9.17, 15) is 9.18 Å². The molecule has 1 aliphatic heterocycles. The molecule has 98 valence electrons. The van der Waals surface area contributed by atoms with E-state index in [1.807, 2.05) is 20.8 Å². The fourth-order valence-electron chi connectivity index (χ4n) is 2.12. The SMILES string of the molecule is CC1CN(C(=O)c2cccc(F)c2)C(C)(C)CO1. The topological polar surface area (TPSA) is 29.5 Å². The smallest absolute Gasteiger partial charge is 0.254 e. The molecular weight excluding hydrogens is 233 g/mol. The van der Waals surface area contributed by atoms with E-state index >= 15 is 0 Å². The fraction of sp³-hybridized carbons (Fsp3) is 0.500. The number of carbonyl (C=O) groups excluding carboxylic acids is 1. The van der Waals surface area contributed by atoms with E-state index in [0.717, 1.165) is 0 Å². The molecule has 3 nitrogen and oxygen atoms in total. The molecule has 0 aliphatic carbocycles. The van der Waals surface area contributed by atoms with Gasteiger partial charge >= 0.3 is 0 Å². The summed E-state index contributed by atoms with van der Waals surface area (Å²) in [6, 6.07) is 5.81. The van der Waals surface area contributed by atoms with Gasteiger partial charge in [0.1, 0.15) is 5.82 Å². The van der Waals surface area contributed by atoms with Gasteiger partial charge in [-0.2, -0.15) is 0 Å². The molecule has 2 rings (SSSR count). The zero-order valence-corrected chi connectivity index (χ0v) is 10.9. The molecule has 1 heterocycles. The van der Waals surface area contributed by atoms with E-state index < -0.39 is 0 Å². The van der Waals surface area contributed by atoms with Crippen LogP contribution in [0.15, 0.2) is 24.3 Å². The first-order chi connectivity index (χ1) is 8.40. The van der Waals surface area contributed by atoms with Gasteiger partial charge in [0.15, 0.2) is 0 Å². The Morgan fingerprint density at radius 2 is 2.22 bits per heavy atom. The predicted molar refractivity (Wildman–Crippen MR) is 66.9 cm³/mol. The molecule has 0 N–H and O–H groups in total. The number of halogens is 1. The van der Waals surface area contributed by atoms with Gasteiger partial charge in [-0.05, 0) is 39.0 Å². The third kappa shape index (κ3) is 2.53. The normalized spacial score (nSPS) is 22.9. The maximum Gasteiger partial charge on any atom is 0.254 e. The van der Waals surface area contributed by atoms with Gasteiger partial charge in [0.05, 0.1) is 18.2 Å². The van der Waals surface area contributed by atoms with Crippen LogP contribution in [0, 0.1) is 5.82 Å². The zero-order valence-electron chi connectivity index (χ0n) is 10.9. The number of morpholine rings is 1. The lowest BCUT2D eigenvalue weighted by molar-refractivity contribution is -0.0756. The van der Waals surface area contributed by atoms with Crippen molar-refractivity contribution in [2.24, 2.45) is 0 Å². The molecule has 1 saturated heterocycles. The average Bonchev–Trinajstić information content (AvgIpc) is 2.31. The average molecular weight is 251 g/mol. The first kappa shape index (κ1) is 13.0. The van der Waals surface area contributed by atoms with Gasteiger partial charge in [-0.1, -0.05) is 6.07 Å². The molecule has 4 heteroatoms. The van der Waals surface area contributed by atoms with Crippen LogP contribution in [0.25, 0.3) is 0 Å². The molecule has 1 unspecified atom stereocenters.